The number of carbonyl (C=O) groups is 1. The summed E-state index contributed by atoms with van der Waals surface area (Å²) in [6, 6.07) is 9.56. The number of halogens is 3. The second-order valence-electron chi connectivity index (χ2n) is 5.44. The summed E-state index contributed by atoms with van der Waals surface area (Å²) in [5.74, 6) is -0.316. The van der Waals surface area contributed by atoms with Gasteiger partial charge in [-0.15, -0.1) is 0 Å². The van der Waals surface area contributed by atoms with Crippen molar-refractivity contribution in [1.82, 2.24) is 4.90 Å². The lowest BCUT2D eigenvalue weighted by Gasteiger charge is -2.19. The number of nitrogens with one attached hydrogen (secondary N) is 1. The monoisotopic (exact) mass is 420 g/mol. The van der Waals surface area contributed by atoms with Crippen molar-refractivity contribution in [2.45, 2.75) is 6.54 Å². The third-order valence-electron chi connectivity index (χ3n) is 3.29. The molecule has 0 aliphatic carbocycles. The summed E-state index contributed by atoms with van der Waals surface area (Å²) in [5, 5.41) is 0.994. The molecule has 9 heteroatoms. The van der Waals surface area contributed by atoms with Crippen molar-refractivity contribution >= 4 is 56.4 Å². The van der Waals surface area contributed by atoms with Crippen LogP contribution in [0.25, 0.3) is 0 Å². The van der Waals surface area contributed by atoms with Gasteiger partial charge in [-0.1, -0.05) is 46.9 Å². The number of amides is 1. The molecule has 134 valence electrons. The first-order chi connectivity index (χ1) is 11.6. The molecule has 0 aliphatic rings. The van der Waals surface area contributed by atoms with Crippen LogP contribution in [0.1, 0.15) is 15.9 Å². The lowest BCUT2D eigenvalue weighted by atomic mass is 10.1. The Balaban J connectivity index is 2.25. The van der Waals surface area contributed by atoms with Crippen LogP contribution >= 0.6 is 34.8 Å². The van der Waals surface area contributed by atoms with Crippen molar-refractivity contribution in [3.8, 4) is 0 Å². The molecule has 2 aromatic rings. The third-order valence-corrected chi connectivity index (χ3v) is 5.07. The first-order valence-corrected chi connectivity index (χ1v) is 10.1. The van der Waals surface area contributed by atoms with Crippen LogP contribution in [-0.4, -0.2) is 32.5 Å². The van der Waals surface area contributed by atoms with Crippen molar-refractivity contribution in [3.63, 3.8) is 0 Å². The van der Waals surface area contributed by atoms with Crippen molar-refractivity contribution in [2.75, 3.05) is 18.0 Å². The zero-order valence-corrected chi connectivity index (χ0v) is 16.5. The SMILES string of the molecule is CN(Cc1cccc(Cl)c1Cl)C(=O)c1ccc(Cl)c(NS(C)(=O)=O)c1. The molecule has 25 heavy (non-hydrogen) atoms. The highest BCUT2D eigenvalue weighted by Crippen LogP contribution is 2.28. The van der Waals surface area contributed by atoms with Crippen LogP contribution in [0.4, 0.5) is 5.69 Å². The highest BCUT2D eigenvalue weighted by molar-refractivity contribution is 7.92. The van der Waals surface area contributed by atoms with Gasteiger partial charge in [-0.2, -0.15) is 0 Å². The predicted molar refractivity (Wildman–Crippen MR) is 102 cm³/mol. The maximum absolute atomic E-state index is 12.6. The first kappa shape index (κ1) is 19.8. The Morgan fingerprint density at radius 3 is 2.44 bits per heavy atom. The van der Waals surface area contributed by atoms with Crippen molar-refractivity contribution in [2.24, 2.45) is 0 Å². The van der Waals surface area contributed by atoms with Gasteiger partial charge in [0.2, 0.25) is 10.0 Å². The molecule has 0 unspecified atom stereocenters. The van der Waals surface area contributed by atoms with Gasteiger partial charge in [-0.05, 0) is 29.8 Å². The molecule has 0 saturated heterocycles. The van der Waals surface area contributed by atoms with Crippen LogP contribution in [-0.2, 0) is 16.6 Å². The van der Waals surface area contributed by atoms with E-state index in [9.17, 15) is 13.2 Å². The van der Waals surface area contributed by atoms with E-state index in [0.29, 0.717) is 15.6 Å². The van der Waals surface area contributed by atoms with Crippen LogP contribution in [0.15, 0.2) is 36.4 Å². The minimum Gasteiger partial charge on any atom is -0.337 e. The normalized spacial score (nSPS) is 11.2. The number of sulfonamides is 1. The molecule has 2 rings (SSSR count). The molecule has 0 saturated carbocycles. The molecule has 0 bridgehead atoms. The van der Waals surface area contributed by atoms with Gasteiger partial charge in [0, 0.05) is 19.2 Å². The minimum atomic E-state index is -3.51. The van der Waals surface area contributed by atoms with Crippen LogP contribution in [0.2, 0.25) is 15.1 Å². The number of carbonyl (C=O) groups excluding carboxylic acids is 1. The fraction of sp³-hybridized carbons (Fsp3) is 0.188. The second-order valence-corrected chi connectivity index (χ2v) is 8.38. The van der Waals surface area contributed by atoms with Crippen LogP contribution in [0.3, 0.4) is 0 Å². The quantitative estimate of drug-likeness (QED) is 0.783. The summed E-state index contributed by atoms with van der Waals surface area (Å²) < 4.78 is 25.1. The van der Waals surface area contributed by atoms with E-state index in [1.54, 1.807) is 25.2 Å². The van der Waals surface area contributed by atoms with E-state index in [4.69, 9.17) is 34.8 Å². The number of hydrogen-bond donors (Lipinski definition) is 1. The lowest BCUT2D eigenvalue weighted by Crippen LogP contribution is -2.26. The Kier molecular flexibility index (Phi) is 6.21. The highest BCUT2D eigenvalue weighted by Gasteiger charge is 2.16. The van der Waals surface area contributed by atoms with Crippen molar-refractivity contribution in [1.29, 1.82) is 0 Å². The molecule has 0 heterocycles. The Hall–Kier alpha value is -1.47. The van der Waals surface area contributed by atoms with Gasteiger partial charge in [-0.25, -0.2) is 8.42 Å². The van der Waals surface area contributed by atoms with Crippen LogP contribution in [0, 0.1) is 0 Å². The highest BCUT2D eigenvalue weighted by atomic mass is 35.5. The summed E-state index contributed by atoms with van der Waals surface area (Å²) in [5.41, 5.74) is 1.13. The smallest absolute Gasteiger partial charge is 0.253 e. The molecule has 0 aromatic heterocycles. The van der Waals surface area contributed by atoms with E-state index < -0.39 is 10.0 Å². The maximum Gasteiger partial charge on any atom is 0.253 e. The van der Waals surface area contributed by atoms with Crippen LogP contribution < -0.4 is 4.72 Å². The fourth-order valence-electron chi connectivity index (χ4n) is 2.15. The zero-order valence-electron chi connectivity index (χ0n) is 13.4. The minimum absolute atomic E-state index is 0.143. The molecule has 0 fully saturated rings. The third kappa shape index (κ3) is 5.25. The molecule has 0 spiro atoms. The zero-order chi connectivity index (χ0) is 18.8. The summed E-state index contributed by atoms with van der Waals surface area (Å²) >= 11 is 18.1. The average molecular weight is 422 g/mol. The Morgan fingerprint density at radius 1 is 1.12 bits per heavy atom. The van der Waals surface area contributed by atoms with Gasteiger partial charge in [0.25, 0.3) is 5.91 Å². The van der Waals surface area contributed by atoms with Gasteiger partial charge >= 0.3 is 0 Å². The molecule has 1 N–H and O–H groups in total. The molecule has 0 aliphatic heterocycles. The standard InChI is InChI=1S/C16H15Cl3N2O3S/c1-21(9-11-4-3-5-13(18)15(11)19)16(22)10-6-7-12(17)14(8-10)20-25(2,23)24/h3-8,20H,9H2,1-2H3. The molecule has 1 amide bonds. The number of rotatable bonds is 5. The molecule has 2 aromatic carbocycles. The number of benzene rings is 2. The van der Waals surface area contributed by atoms with Crippen molar-refractivity contribution in [3.05, 3.63) is 62.6 Å². The van der Waals surface area contributed by atoms with Gasteiger partial charge in [0.15, 0.2) is 0 Å². The number of nitrogens with zero attached hydrogens (tertiary/aromatic N) is 1. The van der Waals surface area contributed by atoms with E-state index in [1.165, 1.54) is 23.1 Å². The predicted octanol–water partition coefficient (Wildman–Crippen LogP) is 4.29. The van der Waals surface area contributed by atoms with E-state index in [1.807, 2.05) is 0 Å². The lowest BCUT2D eigenvalue weighted by molar-refractivity contribution is 0.0785. The molecule has 0 radical (unpaired) electrons. The van der Waals surface area contributed by atoms with E-state index >= 15 is 0 Å². The fourth-order valence-corrected chi connectivity index (χ4v) is 3.32. The summed E-state index contributed by atoms with van der Waals surface area (Å²) in [6.07, 6.45) is 1.01. The number of hydrogen-bond acceptors (Lipinski definition) is 3. The van der Waals surface area contributed by atoms with Gasteiger partial charge in [0.1, 0.15) is 0 Å². The van der Waals surface area contributed by atoms with Gasteiger partial charge in [-0.3, -0.25) is 9.52 Å². The molecule has 0 atom stereocenters. The van der Waals surface area contributed by atoms with Crippen LogP contribution in [0.5, 0.6) is 0 Å². The second kappa shape index (κ2) is 7.83. The molecular formula is C16H15Cl3N2O3S. The van der Waals surface area contributed by atoms with E-state index in [-0.39, 0.29) is 28.7 Å². The topological polar surface area (TPSA) is 66.5 Å². The summed E-state index contributed by atoms with van der Waals surface area (Å²) in [6.45, 7) is 0.246. The molecular weight excluding hydrogens is 407 g/mol. The van der Waals surface area contributed by atoms with E-state index in [2.05, 4.69) is 4.72 Å². The Morgan fingerprint density at radius 2 is 1.80 bits per heavy atom. The maximum atomic E-state index is 12.6. The van der Waals surface area contributed by atoms with Gasteiger partial charge < -0.3 is 4.90 Å². The van der Waals surface area contributed by atoms with Crippen molar-refractivity contribution < 1.29 is 13.2 Å². The molecule has 5 nitrogen and oxygen atoms in total. The average Bonchev–Trinajstić information content (AvgIpc) is 2.52. The summed E-state index contributed by atoms with van der Waals surface area (Å²) in [4.78, 5) is 14.1. The van der Waals surface area contributed by atoms with E-state index in [0.717, 1.165) is 6.26 Å². The first-order valence-electron chi connectivity index (χ1n) is 7.04. The summed E-state index contributed by atoms with van der Waals surface area (Å²) in [7, 11) is -1.90. The largest absolute Gasteiger partial charge is 0.337 e. The number of anilines is 1. The Bertz CT molecular complexity index is 917. The Labute approximate surface area is 161 Å². The van der Waals surface area contributed by atoms with Gasteiger partial charge in [0.05, 0.1) is 27.0 Å².